The van der Waals surface area contributed by atoms with Crippen molar-refractivity contribution in [2.75, 3.05) is 0 Å². The minimum Gasteiger partial charge on any atom is -0.508 e. The number of aromatic amines is 1. The van der Waals surface area contributed by atoms with Gasteiger partial charge in [-0.3, -0.25) is 5.10 Å². The van der Waals surface area contributed by atoms with E-state index in [2.05, 4.69) is 10.2 Å². The molecule has 0 saturated heterocycles. The number of fused-ring (bicyclic) bond motifs is 1. The van der Waals surface area contributed by atoms with E-state index in [1.165, 1.54) is 6.07 Å². The average molecular weight is 232 g/mol. The standard InChI is InChI=1S/C13H13FN2O/c14-11-7-8(17)5-6-9(11)13-10-3-1-2-4-12(10)15-16-13/h5-7,17H,1-4H2,(H,15,16). The van der Waals surface area contributed by atoms with E-state index >= 15 is 0 Å². The van der Waals surface area contributed by atoms with E-state index in [0.717, 1.165) is 43.0 Å². The molecule has 3 nitrogen and oxygen atoms in total. The summed E-state index contributed by atoms with van der Waals surface area (Å²) in [7, 11) is 0. The first-order valence-electron chi connectivity index (χ1n) is 5.80. The number of aryl methyl sites for hydroxylation is 1. The van der Waals surface area contributed by atoms with Gasteiger partial charge < -0.3 is 5.11 Å². The molecule has 88 valence electrons. The highest BCUT2D eigenvalue weighted by molar-refractivity contribution is 5.65. The molecule has 0 spiro atoms. The molecule has 0 bridgehead atoms. The Balaban J connectivity index is 2.12. The third kappa shape index (κ3) is 1.69. The molecule has 0 saturated carbocycles. The first-order valence-corrected chi connectivity index (χ1v) is 5.80. The molecule has 2 aromatic rings. The molecular weight excluding hydrogens is 219 g/mol. The zero-order valence-electron chi connectivity index (χ0n) is 9.33. The summed E-state index contributed by atoms with van der Waals surface area (Å²) >= 11 is 0. The van der Waals surface area contributed by atoms with Crippen molar-refractivity contribution in [1.82, 2.24) is 10.2 Å². The van der Waals surface area contributed by atoms with Crippen LogP contribution in [0.1, 0.15) is 24.1 Å². The number of aromatic hydroxyl groups is 1. The predicted octanol–water partition coefficient (Wildman–Crippen LogP) is 2.80. The van der Waals surface area contributed by atoms with Crippen molar-refractivity contribution >= 4 is 0 Å². The van der Waals surface area contributed by atoms with Crippen molar-refractivity contribution < 1.29 is 9.50 Å². The highest BCUT2D eigenvalue weighted by Crippen LogP contribution is 2.31. The number of rotatable bonds is 1. The minimum atomic E-state index is -0.426. The van der Waals surface area contributed by atoms with E-state index in [9.17, 15) is 9.50 Å². The van der Waals surface area contributed by atoms with Gasteiger partial charge in [0.1, 0.15) is 11.6 Å². The Morgan fingerprint density at radius 2 is 2.06 bits per heavy atom. The van der Waals surface area contributed by atoms with E-state index in [-0.39, 0.29) is 5.75 Å². The summed E-state index contributed by atoms with van der Waals surface area (Å²) in [4.78, 5) is 0. The second kappa shape index (κ2) is 3.87. The number of phenolic OH excluding ortho intramolecular Hbond substituents is 1. The smallest absolute Gasteiger partial charge is 0.136 e. The van der Waals surface area contributed by atoms with Crippen LogP contribution in [-0.4, -0.2) is 15.3 Å². The van der Waals surface area contributed by atoms with Crippen LogP contribution in [0.25, 0.3) is 11.3 Å². The van der Waals surface area contributed by atoms with Gasteiger partial charge >= 0.3 is 0 Å². The number of phenols is 1. The van der Waals surface area contributed by atoms with Crippen LogP contribution >= 0.6 is 0 Å². The fourth-order valence-electron chi connectivity index (χ4n) is 2.40. The van der Waals surface area contributed by atoms with Gasteiger partial charge in [-0.15, -0.1) is 0 Å². The number of halogens is 1. The number of aromatic nitrogens is 2. The molecule has 3 rings (SSSR count). The molecule has 0 unspecified atom stereocenters. The summed E-state index contributed by atoms with van der Waals surface area (Å²) < 4.78 is 13.8. The van der Waals surface area contributed by atoms with Crippen LogP contribution in [0.15, 0.2) is 18.2 Å². The molecule has 0 atom stereocenters. The molecule has 4 heteroatoms. The lowest BCUT2D eigenvalue weighted by molar-refractivity contribution is 0.469. The summed E-state index contributed by atoms with van der Waals surface area (Å²) in [6, 6.07) is 4.19. The van der Waals surface area contributed by atoms with Crippen LogP contribution < -0.4 is 0 Å². The lowest BCUT2D eigenvalue weighted by Gasteiger charge is -2.11. The number of benzene rings is 1. The van der Waals surface area contributed by atoms with Gasteiger partial charge in [-0.25, -0.2) is 4.39 Å². The first kappa shape index (κ1) is 10.3. The molecule has 1 aromatic carbocycles. The van der Waals surface area contributed by atoms with Crippen molar-refractivity contribution in [3.63, 3.8) is 0 Å². The Morgan fingerprint density at radius 3 is 2.88 bits per heavy atom. The molecule has 1 aliphatic carbocycles. The van der Waals surface area contributed by atoms with Gasteiger partial charge in [0.2, 0.25) is 0 Å². The molecule has 2 N–H and O–H groups in total. The lowest BCUT2D eigenvalue weighted by Crippen LogP contribution is -2.01. The van der Waals surface area contributed by atoms with Crippen molar-refractivity contribution in [1.29, 1.82) is 0 Å². The normalized spacial score (nSPS) is 14.6. The van der Waals surface area contributed by atoms with E-state index in [1.807, 2.05) is 0 Å². The predicted molar refractivity (Wildman–Crippen MR) is 62.3 cm³/mol. The minimum absolute atomic E-state index is 0.0596. The van der Waals surface area contributed by atoms with Gasteiger partial charge in [-0.2, -0.15) is 5.10 Å². The monoisotopic (exact) mass is 232 g/mol. The zero-order chi connectivity index (χ0) is 11.8. The summed E-state index contributed by atoms with van der Waals surface area (Å²) in [5, 5.41) is 16.4. The maximum absolute atomic E-state index is 13.8. The van der Waals surface area contributed by atoms with Gasteiger partial charge in [0.05, 0.1) is 5.69 Å². The van der Waals surface area contributed by atoms with Crippen molar-refractivity contribution in [2.24, 2.45) is 0 Å². The third-order valence-electron chi connectivity index (χ3n) is 3.26. The molecule has 0 aliphatic heterocycles. The SMILES string of the molecule is Oc1ccc(-c2n[nH]c3c2CCCC3)c(F)c1. The Kier molecular flexibility index (Phi) is 2.35. The maximum atomic E-state index is 13.8. The molecule has 0 fully saturated rings. The molecule has 1 aromatic heterocycles. The topological polar surface area (TPSA) is 48.9 Å². The van der Waals surface area contributed by atoms with Crippen LogP contribution in [0.2, 0.25) is 0 Å². The fraction of sp³-hybridized carbons (Fsp3) is 0.308. The molecular formula is C13H13FN2O. The third-order valence-corrected chi connectivity index (χ3v) is 3.26. The van der Waals surface area contributed by atoms with Gasteiger partial charge in [-0.05, 0) is 37.8 Å². The fourth-order valence-corrected chi connectivity index (χ4v) is 2.40. The summed E-state index contributed by atoms with van der Waals surface area (Å²) in [6.07, 6.45) is 4.22. The average Bonchev–Trinajstić information content (AvgIpc) is 2.73. The summed E-state index contributed by atoms with van der Waals surface area (Å²) in [5.74, 6) is -0.486. The zero-order valence-corrected chi connectivity index (χ0v) is 9.33. The van der Waals surface area contributed by atoms with Crippen molar-refractivity contribution in [3.8, 4) is 17.0 Å². The number of H-pyrrole nitrogens is 1. The van der Waals surface area contributed by atoms with Gasteiger partial charge in [-0.1, -0.05) is 0 Å². The second-order valence-electron chi connectivity index (χ2n) is 4.40. The van der Waals surface area contributed by atoms with Gasteiger partial charge in [0.25, 0.3) is 0 Å². The van der Waals surface area contributed by atoms with Crippen LogP contribution in [0.4, 0.5) is 4.39 Å². The summed E-state index contributed by atoms with van der Waals surface area (Å²) in [6.45, 7) is 0. The second-order valence-corrected chi connectivity index (χ2v) is 4.40. The Labute approximate surface area is 98.3 Å². The van der Waals surface area contributed by atoms with Gasteiger partial charge in [0.15, 0.2) is 0 Å². The van der Waals surface area contributed by atoms with Crippen molar-refractivity contribution in [3.05, 3.63) is 35.3 Å². The highest BCUT2D eigenvalue weighted by Gasteiger charge is 2.19. The highest BCUT2D eigenvalue weighted by atomic mass is 19.1. The molecule has 0 amide bonds. The molecule has 17 heavy (non-hydrogen) atoms. The first-order chi connectivity index (χ1) is 8.25. The number of hydrogen-bond donors (Lipinski definition) is 2. The largest absolute Gasteiger partial charge is 0.508 e. The van der Waals surface area contributed by atoms with Gasteiger partial charge in [0, 0.05) is 22.9 Å². The molecule has 1 aliphatic rings. The van der Waals surface area contributed by atoms with Crippen LogP contribution in [0, 0.1) is 5.82 Å². The van der Waals surface area contributed by atoms with Crippen molar-refractivity contribution in [2.45, 2.75) is 25.7 Å². The molecule has 0 radical (unpaired) electrons. The Hall–Kier alpha value is -1.84. The number of hydrogen-bond acceptors (Lipinski definition) is 2. The van der Waals surface area contributed by atoms with E-state index < -0.39 is 5.82 Å². The number of nitrogens with zero attached hydrogens (tertiary/aromatic N) is 1. The van der Waals surface area contributed by atoms with Crippen LogP contribution in [0.3, 0.4) is 0 Å². The molecule has 1 heterocycles. The number of nitrogens with one attached hydrogen (secondary N) is 1. The van der Waals surface area contributed by atoms with E-state index in [0.29, 0.717) is 11.3 Å². The quantitative estimate of drug-likeness (QED) is 0.794. The summed E-state index contributed by atoms with van der Waals surface area (Å²) in [5.41, 5.74) is 3.40. The Bertz CT molecular complexity index is 563. The van der Waals surface area contributed by atoms with Crippen LogP contribution in [0.5, 0.6) is 5.75 Å². The maximum Gasteiger partial charge on any atom is 0.136 e. The van der Waals surface area contributed by atoms with Crippen LogP contribution in [-0.2, 0) is 12.8 Å². The Morgan fingerprint density at radius 1 is 1.24 bits per heavy atom. The van der Waals surface area contributed by atoms with E-state index in [1.54, 1.807) is 6.07 Å². The van der Waals surface area contributed by atoms with E-state index in [4.69, 9.17) is 0 Å². The lowest BCUT2D eigenvalue weighted by atomic mass is 9.93.